The number of hydrogen-bond acceptors (Lipinski definition) is 4. The summed E-state index contributed by atoms with van der Waals surface area (Å²) in [5.41, 5.74) is 4.02. The van der Waals surface area contributed by atoms with Gasteiger partial charge in [-0.15, -0.1) is 23.5 Å². The monoisotopic (exact) mass is 372 g/mol. The Morgan fingerprint density at radius 2 is 1.04 bits per heavy atom. The van der Waals surface area contributed by atoms with Crippen molar-refractivity contribution in [2.24, 2.45) is 0 Å². The zero-order valence-corrected chi connectivity index (χ0v) is 17.2. The van der Waals surface area contributed by atoms with Crippen LogP contribution in [0.15, 0.2) is 34.1 Å². The molecule has 2 nitrogen and oxygen atoms in total. The van der Waals surface area contributed by atoms with Crippen molar-refractivity contribution in [3.05, 3.63) is 46.5 Å². The topological polar surface area (TPSA) is 40.5 Å². The molecule has 0 saturated heterocycles. The van der Waals surface area contributed by atoms with Crippen LogP contribution in [0.2, 0.25) is 0 Å². The van der Waals surface area contributed by atoms with E-state index >= 15 is 0 Å². The summed E-state index contributed by atoms with van der Waals surface area (Å²) in [6.07, 6.45) is 0. The standard InChI is InChI=1S/C21H24O2S2/c1-11-7-17-13(9-15(11)22)19(3,4)21(24-17)20(5,6)14-10-16(23)12(2)8-18(14)25-21/h7-10,22-23H,1-6H3. The molecule has 0 unspecified atom stereocenters. The zero-order chi connectivity index (χ0) is 18.4. The minimum Gasteiger partial charge on any atom is -0.508 e. The Morgan fingerprint density at radius 1 is 0.680 bits per heavy atom. The van der Waals surface area contributed by atoms with Crippen LogP contribution in [0.4, 0.5) is 0 Å². The molecule has 2 heterocycles. The van der Waals surface area contributed by atoms with Crippen molar-refractivity contribution in [1.29, 1.82) is 0 Å². The maximum Gasteiger partial charge on any atom is 0.118 e. The van der Waals surface area contributed by atoms with E-state index in [1.54, 1.807) is 0 Å². The van der Waals surface area contributed by atoms with Gasteiger partial charge in [0.25, 0.3) is 0 Å². The number of rotatable bonds is 0. The Kier molecular flexibility index (Phi) is 3.38. The fourth-order valence-electron chi connectivity index (χ4n) is 4.46. The molecule has 132 valence electrons. The molecule has 4 heteroatoms. The fourth-order valence-corrected chi connectivity index (χ4v) is 8.57. The third-order valence-electron chi connectivity index (χ3n) is 6.10. The van der Waals surface area contributed by atoms with Crippen LogP contribution in [0.1, 0.15) is 49.9 Å². The van der Waals surface area contributed by atoms with Gasteiger partial charge in [-0.3, -0.25) is 0 Å². The van der Waals surface area contributed by atoms with Crippen LogP contribution in [-0.4, -0.2) is 14.3 Å². The Balaban J connectivity index is 1.95. The van der Waals surface area contributed by atoms with E-state index < -0.39 is 0 Å². The highest BCUT2D eigenvalue weighted by Gasteiger charge is 2.65. The molecule has 2 aliphatic rings. The molecule has 0 aromatic heterocycles. The van der Waals surface area contributed by atoms with E-state index in [-0.39, 0.29) is 14.9 Å². The summed E-state index contributed by atoms with van der Waals surface area (Å²) in [6.45, 7) is 13.1. The quantitative estimate of drug-likeness (QED) is 0.606. The van der Waals surface area contributed by atoms with Crippen molar-refractivity contribution in [1.82, 2.24) is 0 Å². The van der Waals surface area contributed by atoms with Gasteiger partial charge in [-0.05, 0) is 60.4 Å². The molecule has 2 aromatic carbocycles. The van der Waals surface area contributed by atoms with Gasteiger partial charge in [0.15, 0.2) is 0 Å². The van der Waals surface area contributed by atoms with Crippen LogP contribution >= 0.6 is 23.5 Å². The van der Waals surface area contributed by atoms with Gasteiger partial charge in [0.2, 0.25) is 0 Å². The van der Waals surface area contributed by atoms with Crippen molar-refractivity contribution in [2.75, 3.05) is 0 Å². The second kappa shape index (κ2) is 4.92. The van der Waals surface area contributed by atoms with Crippen molar-refractivity contribution in [2.45, 2.75) is 66.2 Å². The third-order valence-corrected chi connectivity index (χ3v) is 10.3. The van der Waals surface area contributed by atoms with Crippen LogP contribution in [0.3, 0.4) is 0 Å². The summed E-state index contributed by atoms with van der Waals surface area (Å²) in [7, 11) is 0. The average Bonchev–Trinajstić information content (AvgIpc) is 2.85. The highest BCUT2D eigenvalue weighted by Crippen LogP contribution is 2.74. The van der Waals surface area contributed by atoms with Gasteiger partial charge >= 0.3 is 0 Å². The molecule has 0 atom stereocenters. The molecule has 0 saturated carbocycles. The number of benzene rings is 2. The second-order valence-electron chi connectivity index (χ2n) is 8.34. The molecular formula is C21H24O2S2. The smallest absolute Gasteiger partial charge is 0.118 e. The Labute approximate surface area is 158 Å². The van der Waals surface area contributed by atoms with Gasteiger partial charge in [-0.25, -0.2) is 0 Å². The number of fused-ring (bicyclic) bond motifs is 2. The van der Waals surface area contributed by atoms with Gasteiger partial charge in [-0.2, -0.15) is 0 Å². The molecule has 0 bridgehead atoms. The zero-order valence-electron chi connectivity index (χ0n) is 15.5. The van der Waals surface area contributed by atoms with Gasteiger partial charge in [0.05, 0.1) is 4.08 Å². The van der Waals surface area contributed by atoms with Crippen LogP contribution in [0, 0.1) is 13.8 Å². The first-order valence-electron chi connectivity index (χ1n) is 8.57. The van der Waals surface area contributed by atoms with Crippen LogP contribution in [0.5, 0.6) is 11.5 Å². The van der Waals surface area contributed by atoms with E-state index in [4.69, 9.17) is 0 Å². The lowest BCUT2D eigenvalue weighted by Gasteiger charge is -2.46. The molecule has 0 radical (unpaired) electrons. The highest BCUT2D eigenvalue weighted by molar-refractivity contribution is 8.19. The van der Waals surface area contributed by atoms with Crippen LogP contribution < -0.4 is 0 Å². The minimum absolute atomic E-state index is 0.120. The van der Waals surface area contributed by atoms with Crippen molar-refractivity contribution >= 4 is 23.5 Å². The van der Waals surface area contributed by atoms with Crippen LogP contribution in [-0.2, 0) is 10.8 Å². The fraction of sp³-hybridized carbons (Fsp3) is 0.429. The number of aryl methyl sites for hydroxylation is 2. The molecule has 1 spiro atoms. The lowest BCUT2D eigenvalue weighted by Crippen LogP contribution is -2.49. The molecule has 0 aliphatic carbocycles. The first-order chi connectivity index (χ1) is 11.5. The largest absolute Gasteiger partial charge is 0.508 e. The maximum absolute atomic E-state index is 10.3. The summed E-state index contributed by atoms with van der Waals surface area (Å²) < 4.78 is -0.120. The van der Waals surface area contributed by atoms with E-state index in [9.17, 15) is 10.2 Å². The number of phenols is 2. The van der Waals surface area contributed by atoms with Crippen molar-refractivity contribution < 1.29 is 10.2 Å². The number of aromatic hydroxyl groups is 2. The predicted octanol–water partition coefficient (Wildman–Crippen LogP) is 5.88. The van der Waals surface area contributed by atoms with Gasteiger partial charge in [0.1, 0.15) is 11.5 Å². The summed E-state index contributed by atoms with van der Waals surface area (Å²) in [4.78, 5) is 2.52. The summed E-state index contributed by atoms with van der Waals surface area (Å²) in [6, 6.07) is 8.14. The van der Waals surface area contributed by atoms with Gasteiger partial charge < -0.3 is 10.2 Å². The third kappa shape index (κ3) is 1.95. The molecule has 25 heavy (non-hydrogen) atoms. The van der Waals surface area contributed by atoms with Crippen molar-refractivity contribution in [3.63, 3.8) is 0 Å². The van der Waals surface area contributed by atoms with E-state index in [0.29, 0.717) is 11.5 Å². The molecule has 2 N–H and O–H groups in total. The first kappa shape index (κ1) is 17.2. The minimum atomic E-state index is -0.130. The molecule has 0 amide bonds. The lowest BCUT2D eigenvalue weighted by atomic mass is 9.67. The van der Waals surface area contributed by atoms with E-state index in [1.165, 1.54) is 20.9 Å². The molecule has 4 rings (SSSR count). The molecule has 2 aromatic rings. The van der Waals surface area contributed by atoms with E-state index in [0.717, 1.165) is 11.1 Å². The highest BCUT2D eigenvalue weighted by atomic mass is 32.2. The average molecular weight is 373 g/mol. The Hall–Kier alpha value is -1.26. The number of phenolic OH excluding ortho intramolecular Hbond substituents is 2. The molecule has 0 fully saturated rings. The van der Waals surface area contributed by atoms with E-state index in [1.807, 2.05) is 49.5 Å². The maximum atomic E-state index is 10.3. The second-order valence-corrected chi connectivity index (χ2v) is 11.1. The number of hydrogen-bond donors (Lipinski definition) is 2. The van der Waals surface area contributed by atoms with Crippen LogP contribution in [0.25, 0.3) is 0 Å². The Bertz CT molecular complexity index is 837. The number of thioether (sulfide) groups is 2. The van der Waals surface area contributed by atoms with Gasteiger partial charge in [0, 0.05) is 20.6 Å². The summed E-state index contributed by atoms with van der Waals surface area (Å²) >= 11 is 3.84. The lowest BCUT2D eigenvalue weighted by molar-refractivity contribution is 0.344. The molecule has 2 aliphatic heterocycles. The first-order valence-corrected chi connectivity index (χ1v) is 10.2. The summed E-state index contributed by atoms with van der Waals surface area (Å²) in [5.74, 6) is 0.743. The predicted molar refractivity (Wildman–Crippen MR) is 106 cm³/mol. The summed E-state index contributed by atoms with van der Waals surface area (Å²) in [5, 5.41) is 20.5. The normalized spacial score (nSPS) is 21.4. The Morgan fingerprint density at radius 3 is 1.40 bits per heavy atom. The van der Waals surface area contributed by atoms with Crippen molar-refractivity contribution in [3.8, 4) is 11.5 Å². The van der Waals surface area contributed by atoms with E-state index in [2.05, 4.69) is 39.8 Å². The van der Waals surface area contributed by atoms with Gasteiger partial charge in [-0.1, -0.05) is 27.7 Å². The molecular weight excluding hydrogens is 348 g/mol. The SMILES string of the molecule is Cc1cc2c(cc1O)C(C)(C)C1(S2)Sc2cc(C)c(O)cc2C1(C)C.